The van der Waals surface area contributed by atoms with Crippen molar-refractivity contribution in [3.8, 4) is 5.69 Å². The lowest BCUT2D eigenvalue weighted by Crippen LogP contribution is -2.35. The molecule has 1 aromatic heterocycles. The highest BCUT2D eigenvalue weighted by molar-refractivity contribution is 5.94. The standard InChI is InChI=1S/C17H17F2N3O2/c1-8(7-23)20-17(24)15-12-5-9-4-11(9)16(12)22(21-15)14-3-2-10(18)6-13(14)19/h2-3,6,8-9,11,23H,4-5,7H2,1H3,(H,20,24)/t8-,9-,11-/m0/s1. The summed E-state index contributed by atoms with van der Waals surface area (Å²) in [6.45, 7) is 1.51. The van der Waals surface area contributed by atoms with Crippen molar-refractivity contribution in [2.75, 3.05) is 6.61 Å². The molecule has 0 unspecified atom stereocenters. The van der Waals surface area contributed by atoms with E-state index < -0.39 is 17.7 Å². The fourth-order valence-corrected chi connectivity index (χ4v) is 3.47. The summed E-state index contributed by atoms with van der Waals surface area (Å²) in [6.07, 6.45) is 1.76. The van der Waals surface area contributed by atoms with Gasteiger partial charge in [0.15, 0.2) is 11.5 Å². The molecule has 7 heteroatoms. The molecule has 24 heavy (non-hydrogen) atoms. The van der Waals surface area contributed by atoms with Crippen LogP contribution in [0.4, 0.5) is 8.78 Å². The van der Waals surface area contributed by atoms with Gasteiger partial charge in [0.1, 0.15) is 11.5 Å². The van der Waals surface area contributed by atoms with E-state index in [1.807, 2.05) is 0 Å². The van der Waals surface area contributed by atoms with Gasteiger partial charge in [-0.05, 0) is 37.8 Å². The van der Waals surface area contributed by atoms with Crippen LogP contribution < -0.4 is 5.32 Å². The predicted molar refractivity (Wildman–Crippen MR) is 82.0 cm³/mol. The molecule has 1 heterocycles. The van der Waals surface area contributed by atoms with Gasteiger partial charge in [-0.3, -0.25) is 4.79 Å². The smallest absolute Gasteiger partial charge is 0.272 e. The first-order valence-electron chi connectivity index (χ1n) is 7.98. The number of aromatic nitrogens is 2. The van der Waals surface area contributed by atoms with E-state index in [0.29, 0.717) is 5.92 Å². The topological polar surface area (TPSA) is 67.2 Å². The van der Waals surface area contributed by atoms with E-state index in [9.17, 15) is 13.6 Å². The van der Waals surface area contributed by atoms with Crippen LogP contribution in [0.15, 0.2) is 18.2 Å². The van der Waals surface area contributed by atoms with Crippen LogP contribution in [-0.4, -0.2) is 33.4 Å². The maximum atomic E-state index is 14.2. The lowest BCUT2D eigenvalue weighted by Gasteiger charge is -2.10. The lowest BCUT2D eigenvalue weighted by atomic mass is 10.1. The quantitative estimate of drug-likeness (QED) is 0.898. The number of aliphatic hydroxyl groups is 1. The van der Waals surface area contributed by atoms with Gasteiger partial charge in [-0.1, -0.05) is 0 Å². The van der Waals surface area contributed by atoms with E-state index >= 15 is 0 Å². The Kier molecular flexibility index (Phi) is 3.42. The Morgan fingerprint density at radius 1 is 1.50 bits per heavy atom. The first-order chi connectivity index (χ1) is 11.5. The molecule has 2 aliphatic rings. The van der Waals surface area contributed by atoms with Gasteiger partial charge in [0.05, 0.1) is 12.3 Å². The van der Waals surface area contributed by atoms with Gasteiger partial charge >= 0.3 is 0 Å². The minimum absolute atomic E-state index is 0.148. The Morgan fingerprint density at radius 2 is 2.29 bits per heavy atom. The highest BCUT2D eigenvalue weighted by Gasteiger charge is 2.50. The van der Waals surface area contributed by atoms with Crippen molar-refractivity contribution in [1.82, 2.24) is 15.1 Å². The summed E-state index contributed by atoms with van der Waals surface area (Å²) in [5.74, 6) is -0.974. The zero-order valence-electron chi connectivity index (χ0n) is 13.1. The van der Waals surface area contributed by atoms with Crippen LogP contribution in [0.5, 0.6) is 0 Å². The van der Waals surface area contributed by atoms with E-state index in [1.165, 1.54) is 16.8 Å². The molecule has 1 aromatic carbocycles. The maximum Gasteiger partial charge on any atom is 0.272 e. The van der Waals surface area contributed by atoms with Gasteiger partial charge in [-0.15, -0.1) is 0 Å². The Hall–Kier alpha value is -2.28. The largest absolute Gasteiger partial charge is 0.394 e. The van der Waals surface area contributed by atoms with Crippen molar-refractivity contribution >= 4 is 5.91 Å². The first kappa shape index (κ1) is 15.3. The molecule has 3 atom stereocenters. The zero-order valence-corrected chi connectivity index (χ0v) is 13.1. The molecule has 0 saturated heterocycles. The van der Waals surface area contributed by atoms with Crippen LogP contribution in [0.25, 0.3) is 5.69 Å². The fraction of sp³-hybridized carbons (Fsp3) is 0.412. The average molecular weight is 333 g/mol. The summed E-state index contributed by atoms with van der Waals surface area (Å²) in [6, 6.07) is 2.94. The van der Waals surface area contributed by atoms with Crippen molar-refractivity contribution in [2.45, 2.75) is 31.7 Å². The van der Waals surface area contributed by atoms with Gasteiger partial charge in [-0.25, -0.2) is 13.5 Å². The van der Waals surface area contributed by atoms with Crippen LogP contribution >= 0.6 is 0 Å². The molecule has 1 amide bonds. The minimum Gasteiger partial charge on any atom is -0.394 e. The van der Waals surface area contributed by atoms with Gasteiger partial charge in [0.2, 0.25) is 0 Å². The van der Waals surface area contributed by atoms with E-state index in [0.717, 1.165) is 30.2 Å². The van der Waals surface area contributed by atoms with Crippen LogP contribution in [0, 0.1) is 17.6 Å². The van der Waals surface area contributed by atoms with Crippen LogP contribution in [0.1, 0.15) is 41.0 Å². The third-order valence-electron chi connectivity index (χ3n) is 4.77. The number of halogens is 2. The average Bonchev–Trinajstić information content (AvgIpc) is 3.04. The molecule has 0 spiro atoms. The van der Waals surface area contributed by atoms with Gasteiger partial charge in [0, 0.05) is 23.6 Å². The third-order valence-corrected chi connectivity index (χ3v) is 4.77. The van der Waals surface area contributed by atoms with Gasteiger partial charge in [-0.2, -0.15) is 5.10 Å². The molecule has 1 saturated carbocycles. The summed E-state index contributed by atoms with van der Waals surface area (Å²) in [4.78, 5) is 12.4. The zero-order chi connectivity index (χ0) is 17.0. The minimum atomic E-state index is -0.708. The molecular formula is C17H17F2N3O2. The van der Waals surface area contributed by atoms with Gasteiger partial charge < -0.3 is 10.4 Å². The van der Waals surface area contributed by atoms with Crippen molar-refractivity contribution in [3.05, 3.63) is 46.8 Å². The molecule has 0 bridgehead atoms. The summed E-state index contributed by atoms with van der Waals surface area (Å²) < 4.78 is 28.8. The molecule has 126 valence electrons. The number of rotatable bonds is 4. The summed E-state index contributed by atoms with van der Waals surface area (Å²) >= 11 is 0. The SMILES string of the molecule is C[C@@H](CO)NC(=O)c1nn(-c2ccc(F)cc2F)c2c1C[C@@H]1C[C@H]21. The number of amides is 1. The van der Waals surface area contributed by atoms with Crippen molar-refractivity contribution in [3.63, 3.8) is 0 Å². The lowest BCUT2D eigenvalue weighted by molar-refractivity contribution is 0.0916. The Labute approximate surface area is 137 Å². The highest BCUT2D eigenvalue weighted by Crippen LogP contribution is 2.57. The van der Waals surface area contributed by atoms with E-state index in [4.69, 9.17) is 5.11 Å². The van der Waals surface area contributed by atoms with Crippen molar-refractivity contribution < 1.29 is 18.7 Å². The summed E-state index contributed by atoms with van der Waals surface area (Å²) in [5.41, 5.74) is 2.10. The van der Waals surface area contributed by atoms with E-state index in [1.54, 1.807) is 6.92 Å². The van der Waals surface area contributed by atoms with Gasteiger partial charge in [0.25, 0.3) is 5.91 Å². The summed E-state index contributed by atoms with van der Waals surface area (Å²) in [5, 5.41) is 16.1. The number of nitrogens with one attached hydrogen (secondary N) is 1. The highest BCUT2D eigenvalue weighted by atomic mass is 19.1. The number of fused-ring (bicyclic) bond motifs is 3. The number of hydrogen-bond acceptors (Lipinski definition) is 3. The Bertz CT molecular complexity index is 833. The number of carbonyl (C=O) groups excluding carboxylic acids is 1. The second kappa shape index (κ2) is 5.37. The van der Waals surface area contributed by atoms with Crippen molar-refractivity contribution in [2.24, 2.45) is 5.92 Å². The number of carbonyl (C=O) groups is 1. The van der Waals surface area contributed by atoms with Crippen molar-refractivity contribution in [1.29, 1.82) is 0 Å². The molecule has 0 aliphatic heterocycles. The third kappa shape index (κ3) is 2.31. The maximum absolute atomic E-state index is 14.2. The second-order valence-electron chi connectivity index (χ2n) is 6.58. The van der Waals surface area contributed by atoms with Crippen LogP contribution in [-0.2, 0) is 6.42 Å². The van der Waals surface area contributed by atoms with E-state index in [-0.39, 0.29) is 29.8 Å². The molecule has 2 aliphatic carbocycles. The fourth-order valence-electron chi connectivity index (χ4n) is 3.47. The molecule has 0 radical (unpaired) electrons. The Morgan fingerprint density at radius 3 is 3.00 bits per heavy atom. The van der Waals surface area contributed by atoms with E-state index in [2.05, 4.69) is 10.4 Å². The molecule has 1 fully saturated rings. The molecule has 4 rings (SSSR count). The number of benzene rings is 1. The molecule has 2 N–H and O–H groups in total. The summed E-state index contributed by atoms with van der Waals surface area (Å²) in [7, 11) is 0. The molecular weight excluding hydrogens is 316 g/mol. The second-order valence-corrected chi connectivity index (χ2v) is 6.58. The monoisotopic (exact) mass is 333 g/mol. The van der Waals surface area contributed by atoms with Crippen LogP contribution in [0.2, 0.25) is 0 Å². The normalized spacial score (nSPS) is 22.0. The number of nitrogens with zero attached hydrogens (tertiary/aromatic N) is 2. The number of hydrogen-bond donors (Lipinski definition) is 2. The Balaban J connectivity index is 1.79. The predicted octanol–water partition coefficient (Wildman–Crippen LogP) is 1.92. The molecule has 2 aromatic rings. The number of aliphatic hydroxyl groups excluding tert-OH is 1. The first-order valence-corrected chi connectivity index (χ1v) is 7.98. The molecule has 5 nitrogen and oxygen atoms in total. The van der Waals surface area contributed by atoms with Crippen LogP contribution in [0.3, 0.4) is 0 Å².